The number of benzene rings is 3. The van der Waals surface area contributed by atoms with E-state index in [1.807, 2.05) is 12.1 Å². The van der Waals surface area contributed by atoms with Crippen molar-refractivity contribution >= 4 is 56.3 Å². The van der Waals surface area contributed by atoms with Gasteiger partial charge >= 0.3 is 12.1 Å². The minimum Gasteiger partial charge on any atom is -0.486 e. The zero-order valence-electron chi connectivity index (χ0n) is 21.5. The van der Waals surface area contributed by atoms with Crippen molar-refractivity contribution in [3.8, 4) is 5.75 Å². The highest BCUT2D eigenvalue weighted by Gasteiger charge is 2.37. The third-order valence-electron chi connectivity index (χ3n) is 6.63. The van der Waals surface area contributed by atoms with Crippen LogP contribution in [0.4, 0.5) is 18.9 Å². The van der Waals surface area contributed by atoms with Gasteiger partial charge in [-0.15, -0.1) is 0 Å². The lowest BCUT2D eigenvalue weighted by Crippen LogP contribution is -2.43. The number of aliphatic carboxylic acids is 1. The summed E-state index contributed by atoms with van der Waals surface area (Å²) in [5, 5.41) is 14.9. The van der Waals surface area contributed by atoms with Crippen LogP contribution in [-0.2, 0) is 28.0 Å². The summed E-state index contributed by atoms with van der Waals surface area (Å²) in [4.78, 5) is 10.6. The largest absolute Gasteiger partial charge is 0.486 e. The zero-order valence-corrected chi connectivity index (χ0v) is 23.0. The first-order valence-electron chi connectivity index (χ1n) is 12.4. The molecule has 3 aromatic carbocycles. The van der Waals surface area contributed by atoms with Gasteiger partial charge in [-0.25, -0.2) is 8.42 Å². The van der Waals surface area contributed by atoms with Crippen molar-refractivity contribution in [1.29, 1.82) is 0 Å². The van der Waals surface area contributed by atoms with E-state index in [0.29, 0.717) is 22.3 Å². The van der Waals surface area contributed by atoms with Crippen LogP contribution in [0.3, 0.4) is 0 Å². The number of hydrogen-bond acceptors (Lipinski definition) is 5. The van der Waals surface area contributed by atoms with Gasteiger partial charge in [0.2, 0.25) is 0 Å². The van der Waals surface area contributed by atoms with E-state index in [4.69, 9.17) is 21.4 Å². The molecule has 8 nitrogen and oxygen atoms in total. The minimum absolute atomic E-state index is 0.00144. The predicted octanol–water partition coefficient (Wildman–Crippen LogP) is 6.24. The first-order valence-corrected chi connectivity index (χ1v) is 14.2. The first-order chi connectivity index (χ1) is 19.3. The molecule has 1 N–H and O–H groups in total. The molecule has 2 heterocycles. The first kappa shape index (κ1) is 28.5. The number of fused-ring (bicyclic) bond motifs is 2. The van der Waals surface area contributed by atoms with E-state index >= 15 is 0 Å². The van der Waals surface area contributed by atoms with Crippen molar-refractivity contribution in [2.75, 3.05) is 10.8 Å². The fraction of sp³-hybridized carbons (Fsp3) is 0.214. The standard InChI is InChI=1S/C28H23ClF3N3O5S/c1-34-23-7-3-6-21(29)27(23)22(33-34)11-8-17-9-12-25-24(14-17)35(16-19(40-25)10-13-26(36)37)41(38,39)20-5-2-4-18(15-20)28(30,31)32/h2-9,11-12,14-15,19H,10,13,16H2,1H3,(H,36,37). The van der Waals surface area contributed by atoms with Gasteiger partial charge in [0.25, 0.3) is 10.0 Å². The molecule has 13 heteroatoms. The van der Waals surface area contributed by atoms with Crippen LogP contribution in [0.25, 0.3) is 23.1 Å². The van der Waals surface area contributed by atoms with Gasteiger partial charge in [-0.05, 0) is 60.5 Å². The number of carboxylic acids is 1. The summed E-state index contributed by atoms with van der Waals surface area (Å²) >= 11 is 6.39. The van der Waals surface area contributed by atoms with Gasteiger partial charge in [0, 0.05) is 18.9 Å². The molecule has 0 aliphatic carbocycles. The van der Waals surface area contributed by atoms with Crippen LogP contribution in [0, 0.1) is 0 Å². The van der Waals surface area contributed by atoms with Crippen LogP contribution >= 0.6 is 11.6 Å². The number of sulfonamides is 1. The minimum atomic E-state index is -4.74. The molecule has 1 aliphatic heterocycles. The molecule has 0 saturated heterocycles. The monoisotopic (exact) mass is 605 g/mol. The molecule has 0 saturated carbocycles. The number of ether oxygens (including phenoxy) is 1. The summed E-state index contributed by atoms with van der Waals surface area (Å²) in [6, 6.07) is 13.7. The maximum atomic E-state index is 13.7. The maximum Gasteiger partial charge on any atom is 0.416 e. The molecule has 1 aliphatic rings. The molecular formula is C28H23ClF3N3O5S. The lowest BCUT2D eigenvalue weighted by molar-refractivity contribution is -0.138. The van der Waals surface area contributed by atoms with Crippen molar-refractivity contribution in [3.63, 3.8) is 0 Å². The van der Waals surface area contributed by atoms with E-state index in [2.05, 4.69) is 5.10 Å². The topological polar surface area (TPSA) is 102 Å². The van der Waals surface area contributed by atoms with Crippen molar-refractivity contribution in [2.24, 2.45) is 7.05 Å². The van der Waals surface area contributed by atoms with Crippen LogP contribution in [-0.4, -0.2) is 41.9 Å². The second kappa shape index (κ2) is 10.7. The van der Waals surface area contributed by atoms with Gasteiger partial charge < -0.3 is 9.84 Å². The fourth-order valence-electron chi connectivity index (χ4n) is 4.65. The van der Waals surface area contributed by atoms with Crippen LogP contribution in [0.2, 0.25) is 5.02 Å². The molecule has 4 aromatic rings. The van der Waals surface area contributed by atoms with Crippen LogP contribution < -0.4 is 9.04 Å². The number of alkyl halides is 3. The normalized spacial score (nSPS) is 15.7. The average molecular weight is 606 g/mol. The van der Waals surface area contributed by atoms with Gasteiger partial charge in [0.15, 0.2) is 0 Å². The van der Waals surface area contributed by atoms with Crippen molar-refractivity contribution < 1.29 is 36.2 Å². The number of aryl methyl sites for hydroxylation is 1. The quantitative estimate of drug-likeness (QED) is 0.268. The molecule has 0 radical (unpaired) electrons. The Kier molecular flexibility index (Phi) is 7.47. The van der Waals surface area contributed by atoms with Gasteiger partial charge in [0.1, 0.15) is 11.9 Å². The third kappa shape index (κ3) is 5.75. The summed E-state index contributed by atoms with van der Waals surface area (Å²) in [5.74, 6) is -0.931. The number of aromatic nitrogens is 2. The maximum absolute atomic E-state index is 13.7. The smallest absolute Gasteiger partial charge is 0.416 e. The Balaban J connectivity index is 1.55. The van der Waals surface area contributed by atoms with E-state index in [1.54, 1.807) is 42.1 Å². The Hall–Kier alpha value is -4.03. The highest BCUT2D eigenvalue weighted by Crippen LogP contribution is 2.40. The van der Waals surface area contributed by atoms with Crippen LogP contribution in [0.1, 0.15) is 29.7 Å². The van der Waals surface area contributed by atoms with Gasteiger partial charge in [-0.3, -0.25) is 13.8 Å². The number of anilines is 1. The summed E-state index contributed by atoms with van der Waals surface area (Å²) in [5.41, 5.74) is 0.977. The number of hydrogen-bond donors (Lipinski definition) is 1. The molecule has 1 aromatic heterocycles. The SMILES string of the molecule is Cn1nc(C=Cc2ccc3c(c2)N(S(=O)(=O)c2cccc(C(F)(F)F)c2)CC(CCC(=O)O)O3)c2c(Cl)cccc21. The van der Waals surface area contributed by atoms with Gasteiger partial charge in [0.05, 0.1) is 38.9 Å². The summed E-state index contributed by atoms with van der Waals surface area (Å²) in [6.07, 6.45) is -2.42. The lowest BCUT2D eigenvalue weighted by Gasteiger charge is -2.35. The molecule has 214 valence electrons. The van der Waals surface area contributed by atoms with E-state index in [-0.39, 0.29) is 30.8 Å². The number of carboxylic acid groups (broad SMARTS) is 1. The van der Waals surface area contributed by atoms with Crippen LogP contribution in [0.15, 0.2) is 65.6 Å². The second-order valence-electron chi connectivity index (χ2n) is 9.44. The van der Waals surface area contributed by atoms with Crippen molar-refractivity contribution in [3.05, 3.63) is 82.5 Å². The van der Waals surface area contributed by atoms with E-state index < -0.39 is 38.7 Å². The summed E-state index contributed by atoms with van der Waals surface area (Å²) in [6.45, 7) is -0.285. The molecule has 41 heavy (non-hydrogen) atoms. The highest BCUT2D eigenvalue weighted by atomic mass is 35.5. The molecule has 0 amide bonds. The Labute approximate surface area is 238 Å². The fourth-order valence-corrected chi connectivity index (χ4v) is 6.46. The molecule has 1 atom stereocenters. The molecule has 0 spiro atoms. The number of carbonyl (C=O) groups is 1. The van der Waals surface area contributed by atoms with Crippen molar-refractivity contribution in [1.82, 2.24) is 9.78 Å². The Morgan fingerprint density at radius 1 is 1.15 bits per heavy atom. The summed E-state index contributed by atoms with van der Waals surface area (Å²) in [7, 11) is -2.71. The number of nitrogens with zero attached hydrogens (tertiary/aromatic N) is 3. The number of rotatable bonds is 7. The Morgan fingerprint density at radius 3 is 2.63 bits per heavy atom. The zero-order chi connectivity index (χ0) is 29.5. The van der Waals surface area contributed by atoms with Gasteiger partial charge in [-0.1, -0.05) is 35.9 Å². The third-order valence-corrected chi connectivity index (χ3v) is 8.72. The highest BCUT2D eigenvalue weighted by molar-refractivity contribution is 7.92. The Bertz CT molecular complexity index is 1790. The average Bonchev–Trinajstić information content (AvgIpc) is 3.26. The predicted molar refractivity (Wildman–Crippen MR) is 148 cm³/mol. The van der Waals surface area contributed by atoms with E-state index in [9.17, 15) is 26.4 Å². The molecule has 1 unspecified atom stereocenters. The second-order valence-corrected chi connectivity index (χ2v) is 11.7. The van der Waals surface area contributed by atoms with Gasteiger partial charge in [-0.2, -0.15) is 18.3 Å². The van der Waals surface area contributed by atoms with E-state index in [0.717, 1.165) is 33.4 Å². The Morgan fingerprint density at radius 2 is 1.90 bits per heavy atom. The van der Waals surface area contributed by atoms with Crippen molar-refractivity contribution in [2.45, 2.75) is 30.0 Å². The molecule has 0 fully saturated rings. The van der Waals surface area contributed by atoms with E-state index in [1.165, 1.54) is 6.07 Å². The lowest BCUT2D eigenvalue weighted by atomic mass is 10.1. The molecule has 0 bridgehead atoms. The summed E-state index contributed by atoms with van der Waals surface area (Å²) < 4.78 is 76.1. The van der Waals surface area contributed by atoms with Crippen LogP contribution in [0.5, 0.6) is 5.75 Å². The number of halogens is 4. The molecular weight excluding hydrogens is 583 g/mol. The molecule has 5 rings (SSSR count).